The number of rotatable bonds is 26. The van der Waals surface area contributed by atoms with E-state index in [4.69, 9.17) is 4.74 Å². The maximum atomic E-state index is 12.2. The molecular weight excluding hydrogens is 448 g/mol. The van der Waals surface area contributed by atoms with Crippen LogP contribution in [-0.4, -0.2) is 30.8 Å². The Kier molecular flexibility index (Phi) is 23.7. The highest BCUT2D eigenvalue weighted by molar-refractivity contribution is 7.87. The molecule has 1 unspecified atom stereocenters. The minimum Gasteiger partial charge on any atom is -0.465 e. The zero-order valence-corrected chi connectivity index (χ0v) is 23.4. The average Bonchev–Trinajstić information content (AvgIpc) is 2.79. The molecule has 0 spiro atoms. The molecule has 5 nitrogen and oxygen atoms in total. The number of esters is 1. The van der Waals surface area contributed by atoms with Crippen molar-refractivity contribution in [3.05, 3.63) is 0 Å². The molecule has 0 saturated heterocycles. The first kappa shape index (κ1) is 33.4. The van der Waals surface area contributed by atoms with Crippen LogP contribution >= 0.6 is 0 Å². The van der Waals surface area contributed by atoms with Crippen molar-refractivity contribution in [2.24, 2.45) is 0 Å². The molecule has 0 bridgehead atoms. The fourth-order valence-electron chi connectivity index (χ4n) is 4.41. The molecule has 0 aliphatic carbocycles. The fraction of sp³-hybridized carbons (Fsp3) is 0.964. The summed E-state index contributed by atoms with van der Waals surface area (Å²) in [4.78, 5) is 12.2. The van der Waals surface area contributed by atoms with Gasteiger partial charge in [0.1, 0.15) is 0 Å². The van der Waals surface area contributed by atoms with Crippen LogP contribution in [0.15, 0.2) is 0 Å². The molecule has 204 valence electrons. The maximum absolute atomic E-state index is 12.2. The van der Waals surface area contributed by atoms with Gasteiger partial charge >= 0.3 is 5.97 Å². The molecule has 0 aromatic carbocycles. The predicted octanol–water partition coefficient (Wildman–Crippen LogP) is 8.80. The normalized spacial score (nSPS) is 12.7. The minimum atomic E-state index is -4.42. The van der Waals surface area contributed by atoms with E-state index in [0.29, 0.717) is 6.42 Å². The average molecular weight is 505 g/mol. The molecule has 0 amide bonds. The van der Waals surface area contributed by atoms with Gasteiger partial charge in [-0.2, -0.15) is 8.42 Å². The predicted molar refractivity (Wildman–Crippen MR) is 144 cm³/mol. The smallest absolute Gasteiger partial charge is 0.326 e. The van der Waals surface area contributed by atoms with Crippen molar-refractivity contribution in [3.63, 3.8) is 0 Å². The van der Waals surface area contributed by atoms with Gasteiger partial charge in [0.05, 0.1) is 6.61 Å². The van der Waals surface area contributed by atoms with Gasteiger partial charge in [0, 0.05) is 0 Å². The Bertz CT molecular complexity index is 547. The third kappa shape index (κ3) is 21.9. The van der Waals surface area contributed by atoms with Gasteiger partial charge in [-0.15, -0.1) is 0 Å². The van der Waals surface area contributed by atoms with Gasteiger partial charge in [0.2, 0.25) is 0 Å². The van der Waals surface area contributed by atoms with Crippen LogP contribution < -0.4 is 0 Å². The van der Waals surface area contributed by atoms with Gasteiger partial charge in [-0.25, -0.2) is 0 Å². The highest BCUT2D eigenvalue weighted by Crippen LogP contribution is 2.16. The van der Waals surface area contributed by atoms with Crippen molar-refractivity contribution < 1.29 is 22.5 Å². The lowest BCUT2D eigenvalue weighted by atomic mass is 10.1. The van der Waals surface area contributed by atoms with Crippen molar-refractivity contribution in [1.82, 2.24) is 0 Å². The Balaban J connectivity index is 3.75. The van der Waals surface area contributed by atoms with Crippen LogP contribution in [0.1, 0.15) is 162 Å². The second-order valence-electron chi connectivity index (χ2n) is 10.0. The summed E-state index contributed by atoms with van der Waals surface area (Å²) in [7, 11) is -4.42. The Morgan fingerprint density at radius 3 is 1.26 bits per heavy atom. The van der Waals surface area contributed by atoms with E-state index in [2.05, 4.69) is 13.8 Å². The van der Waals surface area contributed by atoms with E-state index in [-0.39, 0.29) is 13.0 Å². The number of unbranched alkanes of at least 4 members (excludes halogenated alkanes) is 20. The summed E-state index contributed by atoms with van der Waals surface area (Å²) < 4.78 is 38.0. The van der Waals surface area contributed by atoms with Crippen molar-refractivity contribution in [2.75, 3.05) is 6.61 Å². The van der Waals surface area contributed by atoms with Crippen molar-refractivity contribution in [2.45, 2.75) is 167 Å². The Morgan fingerprint density at radius 2 is 0.912 bits per heavy atom. The zero-order valence-electron chi connectivity index (χ0n) is 22.5. The molecule has 0 heterocycles. The van der Waals surface area contributed by atoms with Crippen molar-refractivity contribution >= 4 is 16.1 Å². The van der Waals surface area contributed by atoms with Gasteiger partial charge in [0.25, 0.3) is 10.1 Å². The largest absolute Gasteiger partial charge is 0.465 e. The van der Waals surface area contributed by atoms with E-state index in [9.17, 15) is 17.8 Å². The monoisotopic (exact) mass is 504 g/mol. The van der Waals surface area contributed by atoms with Crippen molar-refractivity contribution in [3.8, 4) is 0 Å². The van der Waals surface area contributed by atoms with Crippen LogP contribution in [0.5, 0.6) is 0 Å². The molecule has 0 rings (SSSR count). The molecule has 1 N–H and O–H groups in total. The molecule has 0 fully saturated rings. The topological polar surface area (TPSA) is 80.7 Å². The SMILES string of the molecule is CCCCCCCCCCCCCCOC(=O)C(CCCCCCCCCCCC)S(=O)(=O)O. The molecule has 0 saturated carbocycles. The summed E-state index contributed by atoms with van der Waals surface area (Å²) in [5.74, 6) is -0.790. The van der Waals surface area contributed by atoms with Crippen LogP contribution in [0.4, 0.5) is 0 Å². The zero-order chi connectivity index (χ0) is 25.3. The first-order chi connectivity index (χ1) is 16.4. The second kappa shape index (κ2) is 24.1. The first-order valence-electron chi connectivity index (χ1n) is 14.6. The number of carbonyl (C=O) groups is 1. The molecule has 0 aromatic rings. The summed E-state index contributed by atoms with van der Waals surface area (Å²) >= 11 is 0. The van der Waals surface area contributed by atoms with Gasteiger partial charge in [-0.1, -0.05) is 149 Å². The molecule has 0 aliphatic rings. The van der Waals surface area contributed by atoms with Gasteiger partial charge < -0.3 is 4.74 Å². The van der Waals surface area contributed by atoms with E-state index >= 15 is 0 Å². The van der Waals surface area contributed by atoms with Gasteiger partial charge in [-0.3, -0.25) is 9.35 Å². The van der Waals surface area contributed by atoms with Crippen LogP contribution in [0, 0.1) is 0 Å². The van der Waals surface area contributed by atoms with E-state index < -0.39 is 21.3 Å². The second-order valence-corrected chi connectivity index (χ2v) is 11.6. The molecular formula is C28H56O5S. The highest BCUT2D eigenvalue weighted by atomic mass is 32.2. The number of ether oxygens (including phenoxy) is 1. The van der Waals surface area contributed by atoms with Crippen LogP contribution in [-0.2, 0) is 19.6 Å². The quantitative estimate of drug-likeness (QED) is 0.0723. The summed E-state index contributed by atoms with van der Waals surface area (Å²) in [6.07, 6.45) is 26.2. The maximum Gasteiger partial charge on any atom is 0.326 e. The molecule has 0 aliphatic heterocycles. The van der Waals surface area contributed by atoms with Crippen LogP contribution in [0.25, 0.3) is 0 Å². The van der Waals surface area contributed by atoms with Crippen molar-refractivity contribution in [1.29, 1.82) is 0 Å². The summed E-state index contributed by atoms with van der Waals surface area (Å²) in [5.41, 5.74) is 0. The number of carbonyl (C=O) groups excluding carboxylic acids is 1. The summed E-state index contributed by atoms with van der Waals surface area (Å²) in [6.45, 7) is 4.70. The summed E-state index contributed by atoms with van der Waals surface area (Å²) in [6, 6.07) is 0. The van der Waals surface area contributed by atoms with E-state index in [1.54, 1.807) is 0 Å². The third-order valence-corrected chi connectivity index (χ3v) is 7.83. The molecule has 34 heavy (non-hydrogen) atoms. The van der Waals surface area contributed by atoms with E-state index in [0.717, 1.165) is 38.5 Å². The van der Waals surface area contributed by atoms with Crippen LogP contribution in [0.2, 0.25) is 0 Å². The van der Waals surface area contributed by atoms with Gasteiger partial charge in [0.15, 0.2) is 5.25 Å². The fourth-order valence-corrected chi connectivity index (χ4v) is 5.19. The lowest BCUT2D eigenvalue weighted by Gasteiger charge is -2.13. The Morgan fingerprint density at radius 1 is 0.588 bits per heavy atom. The third-order valence-electron chi connectivity index (χ3n) is 6.68. The van der Waals surface area contributed by atoms with Gasteiger partial charge in [-0.05, 0) is 12.8 Å². The molecule has 0 aromatic heterocycles. The summed E-state index contributed by atoms with van der Waals surface area (Å²) in [5, 5.41) is -1.43. The first-order valence-corrected chi connectivity index (χ1v) is 16.1. The Labute approximate surface area is 211 Å². The lowest BCUT2D eigenvalue weighted by Crippen LogP contribution is -2.32. The van der Waals surface area contributed by atoms with Crippen LogP contribution in [0.3, 0.4) is 0 Å². The molecule has 0 radical (unpaired) electrons. The lowest BCUT2D eigenvalue weighted by molar-refractivity contribution is -0.143. The Hall–Kier alpha value is -0.620. The van der Waals surface area contributed by atoms with E-state index in [1.165, 1.54) is 96.3 Å². The van der Waals surface area contributed by atoms with E-state index in [1.807, 2.05) is 0 Å². The number of hydrogen-bond donors (Lipinski definition) is 1. The minimum absolute atomic E-state index is 0.145. The molecule has 1 atom stereocenters. The molecule has 6 heteroatoms. The standard InChI is InChI=1S/C28H56O5S/c1-3-5-7-9-11-13-15-16-18-20-22-24-26-33-28(29)27(34(30,31)32)25-23-21-19-17-14-12-10-8-6-4-2/h27H,3-26H2,1-2H3,(H,30,31,32). The number of hydrogen-bond acceptors (Lipinski definition) is 4. The highest BCUT2D eigenvalue weighted by Gasteiger charge is 2.31.